The summed E-state index contributed by atoms with van der Waals surface area (Å²) in [6.07, 6.45) is 6.97. The molecule has 3 aromatic carbocycles. The first-order valence-corrected chi connectivity index (χ1v) is 15.0. The molecule has 0 fully saturated rings. The maximum Gasteiger partial charge on any atom is 0.0318 e. The van der Waals surface area contributed by atoms with E-state index in [0.717, 1.165) is 12.8 Å². The van der Waals surface area contributed by atoms with Gasteiger partial charge in [-0.1, -0.05) is 97.1 Å². The molecule has 0 saturated heterocycles. The van der Waals surface area contributed by atoms with Crippen LogP contribution in [0.3, 0.4) is 0 Å². The topological polar surface area (TPSA) is 24.1 Å². The second kappa shape index (κ2) is 10.5. The van der Waals surface area contributed by atoms with Crippen molar-refractivity contribution in [1.29, 1.82) is 0 Å². The summed E-state index contributed by atoms with van der Waals surface area (Å²) >= 11 is 0. The van der Waals surface area contributed by atoms with Gasteiger partial charge in [0.2, 0.25) is 0 Å². The molecule has 0 amide bonds. The van der Waals surface area contributed by atoms with Gasteiger partial charge in [0.05, 0.1) is 0 Å². The predicted octanol–water partition coefficient (Wildman–Crippen LogP) is 8.49. The minimum atomic E-state index is -0.0723. The van der Waals surface area contributed by atoms with Crippen LogP contribution in [-0.2, 0) is 12.8 Å². The number of hydrogen-bond donors (Lipinski definition) is 2. The van der Waals surface area contributed by atoms with Gasteiger partial charge in [0.15, 0.2) is 0 Å². The van der Waals surface area contributed by atoms with E-state index in [1.165, 1.54) is 33.4 Å². The summed E-state index contributed by atoms with van der Waals surface area (Å²) in [7, 11) is 0. The second-order valence-corrected chi connectivity index (χ2v) is 14.4. The van der Waals surface area contributed by atoms with Gasteiger partial charge in [0.25, 0.3) is 0 Å². The zero-order chi connectivity index (χ0) is 28.8. The van der Waals surface area contributed by atoms with Crippen LogP contribution < -0.4 is 10.6 Å². The predicted molar refractivity (Wildman–Crippen MR) is 172 cm³/mol. The van der Waals surface area contributed by atoms with Gasteiger partial charge in [-0.2, -0.15) is 0 Å². The van der Waals surface area contributed by atoms with Crippen LogP contribution in [0.25, 0.3) is 11.1 Å². The average molecular weight is 533 g/mol. The molecule has 2 heterocycles. The van der Waals surface area contributed by atoms with Crippen LogP contribution in [0, 0.1) is 11.8 Å². The third-order valence-corrected chi connectivity index (χ3v) is 8.93. The summed E-state index contributed by atoms with van der Waals surface area (Å²) in [5.41, 5.74) is 8.13. The van der Waals surface area contributed by atoms with Gasteiger partial charge in [-0.05, 0) is 102 Å². The Bertz CT molecular complexity index is 1260. The molecule has 0 bridgehead atoms. The van der Waals surface area contributed by atoms with Crippen molar-refractivity contribution in [3.8, 4) is 0 Å². The molecule has 40 heavy (non-hydrogen) atoms. The van der Waals surface area contributed by atoms with Gasteiger partial charge in [0, 0.05) is 34.0 Å². The molecule has 0 radical (unpaired) electrons. The van der Waals surface area contributed by atoms with Gasteiger partial charge in [-0.25, -0.2) is 0 Å². The Morgan fingerprint density at radius 2 is 0.800 bits per heavy atom. The summed E-state index contributed by atoms with van der Waals surface area (Å²) in [4.78, 5) is 0. The monoisotopic (exact) mass is 532 g/mol. The lowest BCUT2D eigenvalue weighted by atomic mass is 9.69. The zero-order valence-electron chi connectivity index (χ0n) is 25.8. The molecule has 2 aliphatic heterocycles. The molecule has 0 spiro atoms. The SMILES string of the molecule is CC1(C)C=C(c2ccc(C3=CC(C)(C)NC(C)(C)C3Cc3ccccc3)cc2)C(Cc2ccccc2)C(C)(C)N1. The van der Waals surface area contributed by atoms with E-state index in [9.17, 15) is 0 Å². The third-order valence-electron chi connectivity index (χ3n) is 8.93. The van der Waals surface area contributed by atoms with Crippen molar-refractivity contribution in [1.82, 2.24) is 10.6 Å². The molecule has 2 unspecified atom stereocenters. The highest BCUT2D eigenvalue weighted by Gasteiger charge is 2.42. The van der Waals surface area contributed by atoms with Crippen LogP contribution in [0.4, 0.5) is 0 Å². The summed E-state index contributed by atoms with van der Waals surface area (Å²) in [5, 5.41) is 7.84. The van der Waals surface area contributed by atoms with Gasteiger partial charge in [0.1, 0.15) is 0 Å². The van der Waals surface area contributed by atoms with Crippen LogP contribution >= 0.6 is 0 Å². The van der Waals surface area contributed by atoms with E-state index in [2.05, 4.69) is 163 Å². The van der Waals surface area contributed by atoms with Crippen molar-refractivity contribution in [3.63, 3.8) is 0 Å². The van der Waals surface area contributed by atoms with E-state index < -0.39 is 0 Å². The highest BCUT2D eigenvalue weighted by molar-refractivity contribution is 5.76. The molecule has 2 N–H and O–H groups in total. The molecule has 2 aliphatic rings. The van der Waals surface area contributed by atoms with Crippen LogP contribution in [0.5, 0.6) is 0 Å². The molecule has 0 saturated carbocycles. The minimum absolute atomic E-state index is 0.0332. The highest BCUT2D eigenvalue weighted by Crippen LogP contribution is 2.43. The van der Waals surface area contributed by atoms with Crippen molar-refractivity contribution < 1.29 is 0 Å². The number of hydrogen-bond acceptors (Lipinski definition) is 2. The van der Waals surface area contributed by atoms with E-state index in [1.54, 1.807) is 0 Å². The van der Waals surface area contributed by atoms with Crippen molar-refractivity contribution in [3.05, 3.63) is 119 Å². The number of benzene rings is 3. The molecule has 2 heteroatoms. The fourth-order valence-electron chi connectivity index (χ4n) is 7.52. The van der Waals surface area contributed by atoms with Crippen molar-refractivity contribution in [2.45, 2.75) is 90.4 Å². The standard InChI is InChI=1S/C38H48N2/c1-35(2)25-31(33(37(5,6)39-35)23-27-15-11-9-12-16-27)29-19-21-30(22-20-29)32-26-36(3,4)40-38(7,8)34(32)24-28-17-13-10-14-18-28/h9-22,25-26,33-34,39-40H,23-24H2,1-8H3. The molecule has 0 aliphatic carbocycles. The van der Waals surface area contributed by atoms with Gasteiger partial charge in [-0.15, -0.1) is 0 Å². The maximum atomic E-state index is 3.92. The lowest BCUT2D eigenvalue weighted by Gasteiger charge is -2.48. The molecule has 5 rings (SSSR count). The Balaban J connectivity index is 1.52. The lowest BCUT2D eigenvalue weighted by Crippen LogP contribution is -2.59. The lowest BCUT2D eigenvalue weighted by molar-refractivity contribution is 0.230. The molecular weight excluding hydrogens is 484 g/mol. The molecule has 2 nitrogen and oxygen atoms in total. The minimum Gasteiger partial charge on any atom is -0.303 e. The Morgan fingerprint density at radius 1 is 0.475 bits per heavy atom. The Morgan fingerprint density at radius 3 is 1.12 bits per heavy atom. The van der Waals surface area contributed by atoms with E-state index in [0.29, 0.717) is 11.8 Å². The Labute approximate surface area is 243 Å². The first-order valence-electron chi connectivity index (χ1n) is 15.0. The number of rotatable bonds is 6. The summed E-state index contributed by atoms with van der Waals surface area (Å²) in [6.45, 7) is 18.6. The maximum absolute atomic E-state index is 3.92. The molecule has 2 atom stereocenters. The molecular formula is C38H48N2. The molecule has 3 aromatic rings. The summed E-state index contributed by atoms with van der Waals surface area (Å²) in [5.74, 6) is 0.742. The normalized spacial score (nSPS) is 24.6. The van der Waals surface area contributed by atoms with E-state index >= 15 is 0 Å². The van der Waals surface area contributed by atoms with Gasteiger partial charge >= 0.3 is 0 Å². The van der Waals surface area contributed by atoms with Crippen LogP contribution in [0.15, 0.2) is 97.1 Å². The smallest absolute Gasteiger partial charge is 0.0318 e. The Kier molecular flexibility index (Phi) is 7.48. The van der Waals surface area contributed by atoms with E-state index in [4.69, 9.17) is 0 Å². The summed E-state index contributed by atoms with van der Waals surface area (Å²) < 4.78 is 0. The number of nitrogens with one attached hydrogen (secondary N) is 2. The first-order chi connectivity index (χ1) is 18.7. The van der Waals surface area contributed by atoms with Crippen molar-refractivity contribution >= 4 is 11.1 Å². The average Bonchev–Trinajstić information content (AvgIpc) is 2.87. The van der Waals surface area contributed by atoms with Crippen molar-refractivity contribution in [2.24, 2.45) is 11.8 Å². The quantitative estimate of drug-likeness (QED) is 0.333. The highest BCUT2D eigenvalue weighted by atomic mass is 15.1. The molecule has 0 aromatic heterocycles. The molecule has 210 valence electrons. The Hall–Kier alpha value is -2.94. The van der Waals surface area contributed by atoms with E-state index in [1.807, 2.05) is 0 Å². The van der Waals surface area contributed by atoms with Gasteiger partial charge < -0.3 is 10.6 Å². The van der Waals surface area contributed by atoms with Crippen molar-refractivity contribution in [2.75, 3.05) is 0 Å². The fourth-order valence-corrected chi connectivity index (χ4v) is 7.52. The largest absolute Gasteiger partial charge is 0.303 e. The zero-order valence-corrected chi connectivity index (χ0v) is 25.8. The van der Waals surface area contributed by atoms with Crippen LogP contribution in [0.1, 0.15) is 77.6 Å². The summed E-state index contributed by atoms with van der Waals surface area (Å²) in [6, 6.07) is 31.4. The first kappa shape index (κ1) is 28.6. The van der Waals surface area contributed by atoms with Crippen LogP contribution in [0.2, 0.25) is 0 Å². The van der Waals surface area contributed by atoms with Gasteiger partial charge in [-0.3, -0.25) is 0 Å². The fraction of sp³-hybridized carbons (Fsp3) is 0.421. The second-order valence-electron chi connectivity index (χ2n) is 14.4. The van der Waals surface area contributed by atoms with Crippen LogP contribution in [-0.4, -0.2) is 22.2 Å². The van der Waals surface area contributed by atoms with E-state index in [-0.39, 0.29) is 22.2 Å². The third kappa shape index (κ3) is 6.19.